The van der Waals surface area contributed by atoms with Gasteiger partial charge in [0.1, 0.15) is 0 Å². The first-order valence-electron chi connectivity index (χ1n) is 5.45. The maximum absolute atomic E-state index is 5.97. The van der Waals surface area contributed by atoms with Crippen molar-refractivity contribution in [2.75, 3.05) is 6.61 Å². The highest BCUT2D eigenvalue weighted by Gasteiger charge is 2.05. The van der Waals surface area contributed by atoms with Crippen LogP contribution in [0.15, 0.2) is 24.4 Å². The third-order valence-electron chi connectivity index (χ3n) is 2.14. The molecule has 0 aromatic carbocycles. The molecule has 84 valence electrons. The highest BCUT2D eigenvalue weighted by molar-refractivity contribution is 5.04. The average molecular weight is 208 g/mol. The van der Waals surface area contributed by atoms with E-state index in [0.29, 0.717) is 0 Å². The monoisotopic (exact) mass is 208 g/mol. The quantitative estimate of drug-likeness (QED) is 0.775. The lowest BCUT2D eigenvalue weighted by Gasteiger charge is -2.12. The highest BCUT2D eigenvalue weighted by Crippen LogP contribution is 2.01. The van der Waals surface area contributed by atoms with E-state index in [1.807, 2.05) is 32.0 Å². The van der Waals surface area contributed by atoms with Crippen molar-refractivity contribution >= 4 is 0 Å². The first-order valence-corrected chi connectivity index (χ1v) is 5.45. The Morgan fingerprint density at radius 3 is 2.80 bits per heavy atom. The molecule has 1 unspecified atom stereocenters. The molecule has 0 saturated heterocycles. The molecular weight excluding hydrogens is 188 g/mol. The molecule has 0 aliphatic carbocycles. The Kier molecular flexibility index (Phi) is 5.29. The third kappa shape index (κ3) is 5.50. The number of ether oxygens (including phenoxy) is 1. The smallest absolute Gasteiger partial charge is 0.0518 e. The van der Waals surface area contributed by atoms with E-state index in [-0.39, 0.29) is 12.1 Å². The van der Waals surface area contributed by atoms with Gasteiger partial charge in [0, 0.05) is 31.0 Å². The lowest BCUT2D eigenvalue weighted by atomic mass is 10.1. The molecular formula is C12H20N2O. The van der Waals surface area contributed by atoms with Crippen molar-refractivity contribution in [3.8, 4) is 0 Å². The zero-order valence-electron chi connectivity index (χ0n) is 9.52. The minimum absolute atomic E-state index is 0.138. The van der Waals surface area contributed by atoms with E-state index in [9.17, 15) is 0 Å². The van der Waals surface area contributed by atoms with Gasteiger partial charge in [-0.2, -0.15) is 0 Å². The summed E-state index contributed by atoms with van der Waals surface area (Å²) >= 11 is 0. The number of hydrogen-bond donors (Lipinski definition) is 1. The fourth-order valence-electron chi connectivity index (χ4n) is 1.34. The minimum Gasteiger partial charge on any atom is -0.379 e. The van der Waals surface area contributed by atoms with Crippen LogP contribution in [-0.4, -0.2) is 23.7 Å². The Morgan fingerprint density at radius 1 is 1.40 bits per heavy atom. The largest absolute Gasteiger partial charge is 0.379 e. The number of pyridine rings is 1. The SMILES string of the molecule is CC(C)OCCC(N)Cc1ccccn1. The first-order chi connectivity index (χ1) is 7.18. The van der Waals surface area contributed by atoms with E-state index in [4.69, 9.17) is 10.5 Å². The summed E-state index contributed by atoms with van der Waals surface area (Å²) in [6, 6.07) is 6.04. The van der Waals surface area contributed by atoms with Crippen LogP contribution in [0.4, 0.5) is 0 Å². The minimum atomic E-state index is 0.138. The number of hydrogen-bond acceptors (Lipinski definition) is 3. The van der Waals surface area contributed by atoms with Crippen molar-refractivity contribution in [1.29, 1.82) is 0 Å². The maximum Gasteiger partial charge on any atom is 0.0518 e. The molecule has 1 aromatic rings. The topological polar surface area (TPSA) is 48.1 Å². The van der Waals surface area contributed by atoms with Crippen molar-refractivity contribution in [3.63, 3.8) is 0 Å². The average Bonchev–Trinajstić information content (AvgIpc) is 2.18. The van der Waals surface area contributed by atoms with Crippen molar-refractivity contribution in [2.45, 2.75) is 38.8 Å². The van der Waals surface area contributed by atoms with E-state index in [1.54, 1.807) is 6.20 Å². The van der Waals surface area contributed by atoms with Crippen molar-refractivity contribution in [1.82, 2.24) is 4.98 Å². The Balaban J connectivity index is 2.21. The Hall–Kier alpha value is -0.930. The van der Waals surface area contributed by atoms with Crippen LogP contribution in [0.2, 0.25) is 0 Å². The molecule has 0 bridgehead atoms. The molecule has 0 fully saturated rings. The molecule has 0 aliphatic heterocycles. The zero-order chi connectivity index (χ0) is 11.1. The van der Waals surface area contributed by atoms with Gasteiger partial charge in [-0.25, -0.2) is 0 Å². The first kappa shape index (κ1) is 12.1. The van der Waals surface area contributed by atoms with Crippen LogP contribution >= 0.6 is 0 Å². The summed E-state index contributed by atoms with van der Waals surface area (Å²) in [4.78, 5) is 4.24. The van der Waals surface area contributed by atoms with Crippen molar-refractivity contribution in [3.05, 3.63) is 30.1 Å². The summed E-state index contributed by atoms with van der Waals surface area (Å²) in [5.41, 5.74) is 7.02. The van der Waals surface area contributed by atoms with Gasteiger partial charge in [-0.15, -0.1) is 0 Å². The van der Waals surface area contributed by atoms with Crippen LogP contribution in [0.5, 0.6) is 0 Å². The predicted molar refractivity (Wildman–Crippen MR) is 61.6 cm³/mol. The van der Waals surface area contributed by atoms with Gasteiger partial charge in [-0.3, -0.25) is 4.98 Å². The van der Waals surface area contributed by atoms with E-state index in [1.165, 1.54) is 0 Å². The fourth-order valence-corrected chi connectivity index (χ4v) is 1.34. The third-order valence-corrected chi connectivity index (χ3v) is 2.14. The molecule has 15 heavy (non-hydrogen) atoms. The lowest BCUT2D eigenvalue weighted by molar-refractivity contribution is 0.0736. The number of aromatic nitrogens is 1. The molecule has 1 aromatic heterocycles. The summed E-state index contributed by atoms with van der Waals surface area (Å²) in [7, 11) is 0. The highest BCUT2D eigenvalue weighted by atomic mass is 16.5. The Morgan fingerprint density at radius 2 is 2.20 bits per heavy atom. The molecule has 1 heterocycles. The summed E-state index contributed by atoms with van der Waals surface area (Å²) in [6.07, 6.45) is 3.79. The second-order valence-electron chi connectivity index (χ2n) is 3.99. The van der Waals surface area contributed by atoms with Gasteiger partial charge in [0.2, 0.25) is 0 Å². The van der Waals surface area contributed by atoms with Gasteiger partial charge >= 0.3 is 0 Å². The van der Waals surface area contributed by atoms with E-state index >= 15 is 0 Å². The van der Waals surface area contributed by atoms with Gasteiger partial charge in [-0.1, -0.05) is 6.07 Å². The van der Waals surface area contributed by atoms with Crippen LogP contribution < -0.4 is 5.73 Å². The number of nitrogens with zero attached hydrogens (tertiary/aromatic N) is 1. The summed E-state index contributed by atoms with van der Waals surface area (Å²) in [6.45, 7) is 4.79. The number of rotatable bonds is 6. The van der Waals surface area contributed by atoms with Gasteiger partial charge in [0.05, 0.1) is 6.10 Å². The number of nitrogens with two attached hydrogens (primary N) is 1. The van der Waals surface area contributed by atoms with Crippen molar-refractivity contribution < 1.29 is 4.74 Å². The predicted octanol–water partition coefficient (Wildman–Crippen LogP) is 1.77. The van der Waals surface area contributed by atoms with Crippen LogP contribution in [0.1, 0.15) is 26.0 Å². The van der Waals surface area contributed by atoms with E-state index in [2.05, 4.69) is 4.98 Å². The van der Waals surface area contributed by atoms with Crippen LogP contribution in [0.25, 0.3) is 0 Å². The van der Waals surface area contributed by atoms with Gasteiger partial charge < -0.3 is 10.5 Å². The summed E-state index contributed by atoms with van der Waals surface area (Å²) in [5, 5.41) is 0. The van der Waals surface area contributed by atoms with Crippen LogP contribution in [0, 0.1) is 0 Å². The van der Waals surface area contributed by atoms with Crippen molar-refractivity contribution in [2.24, 2.45) is 5.73 Å². The normalized spacial score (nSPS) is 13.1. The second-order valence-corrected chi connectivity index (χ2v) is 3.99. The maximum atomic E-state index is 5.97. The Bertz CT molecular complexity index is 262. The molecule has 3 nitrogen and oxygen atoms in total. The van der Waals surface area contributed by atoms with Gasteiger partial charge in [0.25, 0.3) is 0 Å². The molecule has 0 spiro atoms. The molecule has 0 aliphatic rings. The molecule has 3 heteroatoms. The summed E-state index contributed by atoms with van der Waals surface area (Å²) in [5.74, 6) is 0. The lowest BCUT2D eigenvalue weighted by Crippen LogP contribution is -2.25. The molecule has 1 atom stereocenters. The van der Waals surface area contributed by atoms with Gasteiger partial charge in [-0.05, 0) is 32.4 Å². The van der Waals surface area contributed by atoms with Crippen LogP contribution in [0.3, 0.4) is 0 Å². The summed E-state index contributed by atoms with van der Waals surface area (Å²) < 4.78 is 5.45. The molecule has 1 rings (SSSR count). The molecule has 0 amide bonds. The molecule has 0 saturated carbocycles. The van der Waals surface area contributed by atoms with Crippen LogP contribution in [-0.2, 0) is 11.2 Å². The van der Waals surface area contributed by atoms with Gasteiger partial charge in [0.15, 0.2) is 0 Å². The van der Waals surface area contributed by atoms with E-state index < -0.39 is 0 Å². The fraction of sp³-hybridized carbons (Fsp3) is 0.583. The standard InChI is InChI=1S/C12H20N2O/c1-10(2)15-8-6-11(13)9-12-5-3-4-7-14-12/h3-5,7,10-11H,6,8-9,13H2,1-2H3. The molecule has 0 radical (unpaired) electrons. The van der Waals surface area contributed by atoms with E-state index in [0.717, 1.165) is 25.1 Å². The zero-order valence-corrected chi connectivity index (χ0v) is 9.52. The molecule has 2 N–H and O–H groups in total. The second kappa shape index (κ2) is 6.53. The Labute approximate surface area is 91.7 Å².